The van der Waals surface area contributed by atoms with Crippen LogP contribution < -0.4 is 5.32 Å². The van der Waals surface area contributed by atoms with Crippen LogP contribution in [0, 0.1) is 11.6 Å². The Bertz CT molecular complexity index is 737. The van der Waals surface area contributed by atoms with Gasteiger partial charge in [-0.25, -0.2) is 13.8 Å². The molecule has 0 fully saturated rings. The number of nitrogens with one attached hydrogen (secondary N) is 1. The fourth-order valence-corrected chi connectivity index (χ4v) is 2.29. The molecule has 0 radical (unpaired) electrons. The van der Waals surface area contributed by atoms with E-state index in [0.717, 1.165) is 11.8 Å². The zero-order chi connectivity index (χ0) is 14.8. The summed E-state index contributed by atoms with van der Waals surface area (Å²) in [6.45, 7) is 3.26. The quantitative estimate of drug-likeness (QED) is 0.784. The highest BCUT2D eigenvalue weighted by Gasteiger charge is 2.12. The molecule has 110 valence electrons. The third kappa shape index (κ3) is 2.80. The van der Waals surface area contributed by atoms with Gasteiger partial charge in [0.1, 0.15) is 5.76 Å². The number of furan rings is 1. The lowest BCUT2D eigenvalue weighted by molar-refractivity contribution is 0.451. The normalized spacial score (nSPS) is 12.9. The number of hydrogen-bond acceptors (Lipinski definition) is 3. The maximum absolute atomic E-state index is 13.4. The van der Waals surface area contributed by atoms with Crippen molar-refractivity contribution in [2.24, 2.45) is 0 Å². The molecular formula is C15H15F2N3O. The van der Waals surface area contributed by atoms with Gasteiger partial charge in [-0.1, -0.05) is 0 Å². The molecule has 0 amide bonds. The van der Waals surface area contributed by atoms with E-state index in [9.17, 15) is 8.78 Å². The van der Waals surface area contributed by atoms with E-state index in [0.29, 0.717) is 24.1 Å². The molecule has 3 aromatic rings. The molecule has 0 aliphatic carbocycles. The van der Waals surface area contributed by atoms with E-state index >= 15 is 0 Å². The molecule has 0 aliphatic rings. The number of nitrogens with zero attached hydrogens (tertiary/aromatic N) is 2. The van der Waals surface area contributed by atoms with Crippen LogP contribution in [0.5, 0.6) is 0 Å². The summed E-state index contributed by atoms with van der Waals surface area (Å²) in [4.78, 5) is 4.11. The molecule has 1 atom stereocenters. The molecular weight excluding hydrogens is 276 g/mol. The number of benzene rings is 1. The summed E-state index contributed by atoms with van der Waals surface area (Å²) in [5.74, 6) is -0.887. The van der Waals surface area contributed by atoms with Crippen molar-refractivity contribution in [1.29, 1.82) is 0 Å². The molecule has 1 unspecified atom stereocenters. The Balaban J connectivity index is 1.72. The smallest absolute Gasteiger partial charge is 0.161 e. The van der Waals surface area contributed by atoms with Gasteiger partial charge >= 0.3 is 0 Å². The van der Waals surface area contributed by atoms with Gasteiger partial charge in [0.2, 0.25) is 0 Å². The second kappa shape index (κ2) is 5.65. The summed E-state index contributed by atoms with van der Waals surface area (Å²) < 4.78 is 33.6. The molecule has 0 aliphatic heterocycles. The predicted octanol–water partition coefficient (Wildman–Crippen LogP) is 3.26. The van der Waals surface area contributed by atoms with Crippen molar-refractivity contribution in [3.05, 3.63) is 54.3 Å². The SMILES string of the molecule is CC(CNCc1ccco1)n1cnc2cc(F)c(F)cc21. The summed E-state index contributed by atoms with van der Waals surface area (Å²) in [6, 6.07) is 6.07. The van der Waals surface area contributed by atoms with Gasteiger partial charge in [-0.15, -0.1) is 0 Å². The van der Waals surface area contributed by atoms with Crippen LogP contribution in [0.3, 0.4) is 0 Å². The van der Waals surface area contributed by atoms with Gasteiger partial charge in [0.15, 0.2) is 11.6 Å². The molecule has 1 aromatic carbocycles. The lowest BCUT2D eigenvalue weighted by Gasteiger charge is -2.15. The lowest BCUT2D eigenvalue weighted by atomic mass is 10.2. The van der Waals surface area contributed by atoms with Crippen LogP contribution in [0.15, 0.2) is 41.3 Å². The summed E-state index contributed by atoms with van der Waals surface area (Å²) in [6.07, 6.45) is 3.23. The van der Waals surface area contributed by atoms with Crippen molar-refractivity contribution in [1.82, 2.24) is 14.9 Å². The number of hydrogen-bond donors (Lipinski definition) is 1. The van der Waals surface area contributed by atoms with Crippen LogP contribution in [0.1, 0.15) is 18.7 Å². The summed E-state index contributed by atoms with van der Waals surface area (Å²) in [5, 5.41) is 3.26. The first kappa shape index (κ1) is 13.8. The van der Waals surface area contributed by atoms with Gasteiger partial charge in [0.25, 0.3) is 0 Å². The van der Waals surface area contributed by atoms with E-state index in [1.165, 1.54) is 6.07 Å². The Morgan fingerprint density at radius 1 is 1.33 bits per heavy atom. The molecule has 0 saturated carbocycles. The topological polar surface area (TPSA) is 43.0 Å². The summed E-state index contributed by atoms with van der Waals surface area (Å²) in [5.41, 5.74) is 1.04. The lowest BCUT2D eigenvalue weighted by Crippen LogP contribution is -2.22. The maximum Gasteiger partial charge on any atom is 0.161 e. The molecule has 1 N–H and O–H groups in total. The molecule has 6 heteroatoms. The van der Waals surface area contributed by atoms with Crippen molar-refractivity contribution >= 4 is 11.0 Å². The molecule has 0 saturated heterocycles. The van der Waals surface area contributed by atoms with Crippen molar-refractivity contribution in [3.8, 4) is 0 Å². The number of halogens is 2. The van der Waals surface area contributed by atoms with E-state index in [-0.39, 0.29) is 6.04 Å². The second-order valence-corrected chi connectivity index (χ2v) is 4.97. The molecule has 21 heavy (non-hydrogen) atoms. The largest absolute Gasteiger partial charge is 0.468 e. The Morgan fingerprint density at radius 3 is 2.90 bits per heavy atom. The number of fused-ring (bicyclic) bond motifs is 1. The number of imidazole rings is 1. The van der Waals surface area contributed by atoms with Gasteiger partial charge < -0.3 is 14.3 Å². The average molecular weight is 291 g/mol. The van der Waals surface area contributed by atoms with Crippen LogP contribution in [-0.4, -0.2) is 16.1 Å². The summed E-state index contributed by atoms with van der Waals surface area (Å²) in [7, 11) is 0. The van der Waals surface area contributed by atoms with E-state index in [4.69, 9.17) is 4.42 Å². The van der Waals surface area contributed by atoms with E-state index in [1.807, 2.05) is 23.6 Å². The third-order valence-corrected chi connectivity index (χ3v) is 3.41. The third-order valence-electron chi connectivity index (χ3n) is 3.41. The van der Waals surface area contributed by atoms with Crippen LogP contribution >= 0.6 is 0 Å². The van der Waals surface area contributed by atoms with Crippen molar-refractivity contribution in [3.63, 3.8) is 0 Å². The molecule has 4 nitrogen and oxygen atoms in total. The minimum absolute atomic E-state index is 0.0508. The first-order valence-corrected chi connectivity index (χ1v) is 6.70. The van der Waals surface area contributed by atoms with Gasteiger partial charge in [0, 0.05) is 24.7 Å². The van der Waals surface area contributed by atoms with Crippen molar-refractivity contribution in [2.75, 3.05) is 6.54 Å². The molecule has 2 heterocycles. The molecule has 3 rings (SSSR count). The second-order valence-electron chi connectivity index (χ2n) is 4.97. The average Bonchev–Trinajstić information content (AvgIpc) is 3.09. The highest BCUT2D eigenvalue weighted by Crippen LogP contribution is 2.20. The van der Waals surface area contributed by atoms with Gasteiger partial charge in [-0.2, -0.15) is 0 Å². The highest BCUT2D eigenvalue weighted by atomic mass is 19.2. The first-order chi connectivity index (χ1) is 10.1. The van der Waals surface area contributed by atoms with Crippen molar-refractivity contribution in [2.45, 2.75) is 19.5 Å². The zero-order valence-corrected chi connectivity index (χ0v) is 11.5. The van der Waals surface area contributed by atoms with Crippen LogP contribution in [0.2, 0.25) is 0 Å². The molecule has 0 bridgehead atoms. The fourth-order valence-electron chi connectivity index (χ4n) is 2.29. The maximum atomic E-state index is 13.4. The Kier molecular flexibility index (Phi) is 3.70. The van der Waals surface area contributed by atoms with Crippen LogP contribution in [0.25, 0.3) is 11.0 Å². The molecule has 0 spiro atoms. The predicted molar refractivity (Wildman–Crippen MR) is 74.8 cm³/mol. The first-order valence-electron chi connectivity index (χ1n) is 6.70. The number of rotatable bonds is 5. The minimum Gasteiger partial charge on any atom is -0.468 e. The van der Waals surface area contributed by atoms with Crippen LogP contribution in [-0.2, 0) is 6.54 Å². The molecule has 2 aromatic heterocycles. The van der Waals surface area contributed by atoms with Gasteiger partial charge in [0.05, 0.1) is 30.2 Å². The zero-order valence-electron chi connectivity index (χ0n) is 11.5. The Labute approximate surface area is 120 Å². The Morgan fingerprint density at radius 2 is 2.14 bits per heavy atom. The monoisotopic (exact) mass is 291 g/mol. The van der Waals surface area contributed by atoms with Gasteiger partial charge in [-0.05, 0) is 19.1 Å². The fraction of sp³-hybridized carbons (Fsp3) is 0.267. The van der Waals surface area contributed by atoms with E-state index in [2.05, 4.69) is 10.3 Å². The van der Waals surface area contributed by atoms with E-state index < -0.39 is 11.6 Å². The van der Waals surface area contributed by atoms with Crippen molar-refractivity contribution < 1.29 is 13.2 Å². The van der Waals surface area contributed by atoms with Gasteiger partial charge in [-0.3, -0.25) is 0 Å². The minimum atomic E-state index is -0.878. The summed E-state index contributed by atoms with van der Waals surface area (Å²) >= 11 is 0. The standard InChI is InChI=1S/C15H15F2N3O/c1-10(7-18-8-11-3-2-4-21-11)20-9-19-14-5-12(16)13(17)6-15(14)20/h2-6,9-10,18H,7-8H2,1H3. The highest BCUT2D eigenvalue weighted by molar-refractivity contribution is 5.75. The number of aromatic nitrogens is 2. The van der Waals surface area contributed by atoms with Crippen LogP contribution in [0.4, 0.5) is 8.78 Å². The Hall–Kier alpha value is -2.21. The van der Waals surface area contributed by atoms with E-state index in [1.54, 1.807) is 12.6 Å².